The fourth-order valence-corrected chi connectivity index (χ4v) is 3.83. The molecule has 2 heterocycles. The van der Waals surface area contributed by atoms with Crippen molar-refractivity contribution in [1.29, 1.82) is 0 Å². The number of aromatic nitrogens is 2. The average molecular weight is 429 g/mol. The molecule has 0 aliphatic carbocycles. The maximum absolute atomic E-state index is 13.7. The Labute approximate surface area is 177 Å². The Morgan fingerprint density at radius 1 is 1.19 bits per heavy atom. The lowest BCUT2D eigenvalue weighted by molar-refractivity contribution is -0.138. The SMILES string of the molecule is Cc1cc(C)n(-c2ccc(CNC(=O)C3COc4ccccc4C3)c(C(F)(F)F)c2)n1. The van der Waals surface area contributed by atoms with Gasteiger partial charge in [-0.3, -0.25) is 4.79 Å². The van der Waals surface area contributed by atoms with Crippen LogP contribution < -0.4 is 10.1 Å². The maximum Gasteiger partial charge on any atom is 0.416 e. The molecule has 3 aromatic rings. The van der Waals surface area contributed by atoms with Crippen molar-refractivity contribution in [3.63, 3.8) is 0 Å². The number of carbonyl (C=O) groups is 1. The van der Waals surface area contributed by atoms with E-state index in [4.69, 9.17) is 4.74 Å². The van der Waals surface area contributed by atoms with Gasteiger partial charge in [-0.25, -0.2) is 4.68 Å². The van der Waals surface area contributed by atoms with Crippen molar-refractivity contribution < 1.29 is 22.7 Å². The molecule has 0 saturated heterocycles. The summed E-state index contributed by atoms with van der Waals surface area (Å²) in [7, 11) is 0. The van der Waals surface area contributed by atoms with Crippen LogP contribution in [0.25, 0.3) is 5.69 Å². The number of nitrogens with one attached hydrogen (secondary N) is 1. The first-order chi connectivity index (χ1) is 14.7. The highest BCUT2D eigenvalue weighted by Gasteiger charge is 2.34. The van der Waals surface area contributed by atoms with Gasteiger partial charge in [0.25, 0.3) is 0 Å². The van der Waals surface area contributed by atoms with Crippen molar-refractivity contribution in [1.82, 2.24) is 15.1 Å². The third-order valence-electron chi connectivity index (χ3n) is 5.36. The zero-order valence-corrected chi connectivity index (χ0v) is 17.2. The van der Waals surface area contributed by atoms with Crippen LogP contribution in [-0.4, -0.2) is 22.3 Å². The lowest BCUT2D eigenvalue weighted by Crippen LogP contribution is -2.37. The predicted octanol–water partition coefficient (Wildman–Crippen LogP) is 4.38. The van der Waals surface area contributed by atoms with Gasteiger partial charge in [0.05, 0.1) is 22.9 Å². The summed E-state index contributed by atoms with van der Waals surface area (Å²) in [5.74, 6) is -0.0332. The summed E-state index contributed by atoms with van der Waals surface area (Å²) < 4.78 is 48.3. The number of ether oxygens (including phenoxy) is 1. The highest BCUT2D eigenvalue weighted by atomic mass is 19.4. The van der Waals surface area contributed by atoms with Gasteiger partial charge < -0.3 is 10.1 Å². The third-order valence-corrected chi connectivity index (χ3v) is 5.36. The van der Waals surface area contributed by atoms with Crippen LogP contribution in [0.3, 0.4) is 0 Å². The molecular weight excluding hydrogens is 407 g/mol. The van der Waals surface area contributed by atoms with Gasteiger partial charge in [-0.1, -0.05) is 24.3 Å². The van der Waals surface area contributed by atoms with Crippen LogP contribution in [0.1, 0.15) is 28.1 Å². The van der Waals surface area contributed by atoms with Crippen LogP contribution in [0.4, 0.5) is 13.2 Å². The number of fused-ring (bicyclic) bond motifs is 1. The molecule has 4 rings (SSSR count). The predicted molar refractivity (Wildman–Crippen MR) is 109 cm³/mol. The van der Waals surface area contributed by atoms with E-state index >= 15 is 0 Å². The molecule has 1 aromatic heterocycles. The Balaban J connectivity index is 1.52. The van der Waals surface area contributed by atoms with Crippen LogP contribution >= 0.6 is 0 Å². The number of alkyl halides is 3. The lowest BCUT2D eigenvalue weighted by atomic mass is 9.96. The minimum Gasteiger partial charge on any atom is -0.492 e. The molecular formula is C23H22F3N3O2. The summed E-state index contributed by atoms with van der Waals surface area (Å²) in [4.78, 5) is 12.6. The standard InChI is InChI=1S/C23H22F3N3O2/c1-14-9-15(2)29(28-14)19-8-7-17(20(11-19)23(24,25)26)12-27-22(30)18-10-16-5-3-4-6-21(16)31-13-18/h3-9,11,18H,10,12-13H2,1-2H3,(H,27,30). The number of halogens is 3. The largest absolute Gasteiger partial charge is 0.492 e. The first-order valence-corrected chi connectivity index (χ1v) is 9.94. The molecule has 1 N–H and O–H groups in total. The molecule has 5 nitrogen and oxygen atoms in total. The van der Waals surface area contributed by atoms with Gasteiger partial charge in [0.1, 0.15) is 12.4 Å². The molecule has 2 aromatic carbocycles. The van der Waals surface area contributed by atoms with Crippen molar-refractivity contribution in [2.45, 2.75) is 33.0 Å². The smallest absolute Gasteiger partial charge is 0.416 e. The van der Waals surface area contributed by atoms with E-state index in [1.807, 2.05) is 24.3 Å². The number of aryl methyl sites for hydroxylation is 2. The van der Waals surface area contributed by atoms with Crippen molar-refractivity contribution in [3.05, 3.63) is 76.6 Å². The Morgan fingerprint density at radius 2 is 1.97 bits per heavy atom. The second-order valence-corrected chi connectivity index (χ2v) is 7.72. The van der Waals surface area contributed by atoms with Crippen LogP contribution in [0.2, 0.25) is 0 Å². The van der Waals surface area contributed by atoms with E-state index in [0.29, 0.717) is 12.1 Å². The molecule has 1 aliphatic rings. The first-order valence-electron chi connectivity index (χ1n) is 9.94. The van der Waals surface area contributed by atoms with E-state index in [-0.39, 0.29) is 24.6 Å². The lowest BCUT2D eigenvalue weighted by Gasteiger charge is -2.24. The number of rotatable bonds is 4. The molecule has 8 heteroatoms. The summed E-state index contributed by atoms with van der Waals surface area (Å²) in [5, 5.41) is 6.90. The van der Waals surface area contributed by atoms with Gasteiger partial charge in [0, 0.05) is 12.2 Å². The van der Waals surface area contributed by atoms with Gasteiger partial charge in [-0.15, -0.1) is 0 Å². The normalized spacial score (nSPS) is 15.8. The molecule has 0 spiro atoms. The van der Waals surface area contributed by atoms with E-state index in [0.717, 1.165) is 28.8 Å². The third kappa shape index (κ3) is 4.42. The van der Waals surface area contributed by atoms with Crippen molar-refractivity contribution in [2.24, 2.45) is 5.92 Å². The average Bonchev–Trinajstić information content (AvgIpc) is 3.08. The van der Waals surface area contributed by atoms with Crippen molar-refractivity contribution >= 4 is 5.91 Å². The molecule has 1 aliphatic heterocycles. The molecule has 1 amide bonds. The maximum atomic E-state index is 13.7. The summed E-state index contributed by atoms with van der Waals surface area (Å²) in [6.45, 7) is 3.55. The monoisotopic (exact) mass is 429 g/mol. The van der Waals surface area contributed by atoms with Gasteiger partial charge in [-0.2, -0.15) is 18.3 Å². The first kappa shape index (κ1) is 21.0. The second-order valence-electron chi connectivity index (χ2n) is 7.72. The number of para-hydroxylation sites is 1. The Hall–Kier alpha value is -3.29. The molecule has 0 bridgehead atoms. The summed E-state index contributed by atoms with van der Waals surface area (Å²) >= 11 is 0. The van der Waals surface area contributed by atoms with Gasteiger partial charge in [-0.05, 0) is 55.7 Å². The van der Waals surface area contributed by atoms with Crippen LogP contribution in [0, 0.1) is 19.8 Å². The molecule has 162 valence electrons. The van der Waals surface area contributed by atoms with Crippen LogP contribution in [0.5, 0.6) is 5.75 Å². The number of amides is 1. The van der Waals surface area contributed by atoms with Crippen LogP contribution in [0.15, 0.2) is 48.5 Å². The van der Waals surface area contributed by atoms with E-state index in [1.165, 1.54) is 10.7 Å². The van der Waals surface area contributed by atoms with E-state index in [2.05, 4.69) is 10.4 Å². The van der Waals surface area contributed by atoms with E-state index in [1.54, 1.807) is 26.0 Å². The van der Waals surface area contributed by atoms with E-state index < -0.39 is 17.7 Å². The molecule has 1 atom stereocenters. The zero-order chi connectivity index (χ0) is 22.2. The minimum absolute atomic E-state index is 0.00302. The van der Waals surface area contributed by atoms with Gasteiger partial charge in [0.15, 0.2) is 0 Å². The molecule has 0 fully saturated rings. The fourth-order valence-electron chi connectivity index (χ4n) is 3.83. The van der Waals surface area contributed by atoms with Gasteiger partial charge in [0.2, 0.25) is 5.91 Å². The Morgan fingerprint density at radius 3 is 2.68 bits per heavy atom. The number of hydrogen-bond acceptors (Lipinski definition) is 3. The number of hydrogen-bond donors (Lipinski definition) is 1. The van der Waals surface area contributed by atoms with Crippen LogP contribution in [-0.2, 0) is 23.9 Å². The number of benzene rings is 2. The molecule has 0 radical (unpaired) electrons. The number of carbonyl (C=O) groups excluding carboxylic acids is 1. The molecule has 1 unspecified atom stereocenters. The highest BCUT2D eigenvalue weighted by molar-refractivity contribution is 5.79. The minimum atomic E-state index is -4.56. The highest BCUT2D eigenvalue weighted by Crippen LogP contribution is 2.34. The summed E-state index contributed by atoms with van der Waals surface area (Å²) in [6, 6.07) is 13.3. The van der Waals surface area contributed by atoms with Crippen molar-refractivity contribution in [2.75, 3.05) is 6.61 Å². The molecule has 31 heavy (non-hydrogen) atoms. The number of nitrogens with zero attached hydrogens (tertiary/aromatic N) is 2. The van der Waals surface area contributed by atoms with Crippen molar-refractivity contribution in [3.8, 4) is 11.4 Å². The summed E-state index contributed by atoms with van der Waals surface area (Å²) in [6.07, 6.45) is -4.07. The Kier molecular flexibility index (Phi) is 5.47. The van der Waals surface area contributed by atoms with Gasteiger partial charge >= 0.3 is 6.18 Å². The fraction of sp³-hybridized carbons (Fsp3) is 0.304. The van der Waals surface area contributed by atoms with E-state index in [9.17, 15) is 18.0 Å². The topological polar surface area (TPSA) is 56.2 Å². The Bertz CT molecular complexity index is 1120. The second kappa shape index (κ2) is 8.09. The summed E-state index contributed by atoms with van der Waals surface area (Å²) in [5.41, 5.74) is 1.92. The quantitative estimate of drug-likeness (QED) is 0.670. The zero-order valence-electron chi connectivity index (χ0n) is 17.2. The molecule has 0 saturated carbocycles.